The van der Waals surface area contributed by atoms with Gasteiger partial charge < -0.3 is 5.32 Å². The molecule has 5 nitrogen and oxygen atoms in total. The average molecular weight is 395 g/mol. The molecule has 2 N–H and O–H groups in total. The summed E-state index contributed by atoms with van der Waals surface area (Å²) in [5.74, 6) is -1.72. The van der Waals surface area contributed by atoms with E-state index < -0.39 is 11.8 Å². The minimum Gasteiger partial charge on any atom is -0.316 e. The lowest BCUT2D eigenvalue weighted by molar-refractivity contribution is -0.136. The van der Waals surface area contributed by atoms with Gasteiger partial charge in [-0.3, -0.25) is 9.59 Å². The van der Waals surface area contributed by atoms with Crippen LogP contribution in [0.3, 0.4) is 0 Å². The lowest BCUT2D eigenvalue weighted by Gasteiger charge is -2.06. The van der Waals surface area contributed by atoms with Crippen LogP contribution >= 0.6 is 27.5 Å². The number of para-hydroxylation sites is 1. The van der Waals surface area contributed by atoms with Gasteiger partial charge in [-0.25, -0.2) is 5.43 Å². The molecule has 0 spiro atoms. The number of amides is 2. The zero-order valence-electron chi connectivity index (χ0n) is 12.1. The van der Waals surface area contributed by atoms with Crippen molar-refractivity contribution < 1.29 is 9.59 Å². The largest absolute Gasteiger partial charge is 0.329 e. The highest BCUT2D eigenvalue weighted by atomic mass is 79.9. The van der Waals surface area contributed by atoms with Crippen molar-refractivity contribution in [2.45, 2.75) is 6.92 Å². The van der Waals surface area contributed by atoms with Crippen LogP contribution in [0, 0.1) is 0 Å². The lowest BCUT2D eigenvalue weighted by atomic mass is 10.1. The monoisotopic (exact) mass is 393 g/mol. The predicted octanol–water partition coefficient (Wildman–Crippen LogP) is 3.58. The zero-order valence-corrected chi connectivity index (χ0v) is 14.5. The molecule has 0 aliphatic rings. The van der Waals surface area contributed by atoms with E-state index in [1.54, 1.807) is 31.2 Å². The third-order valence-electron chi connectivity index (χ3n) is 2.92. The number of benzene rings is 2. The van der Waals surface area contributed by atoms with Crippen molar-refractivity contribution in [1.82, 2.24) is 5.43 Å². The molecule has 0 radical (unpaired) electrons. The third kappa shape index (κ3) is 4.91. The van der Waals surface area contributed by atoms with Gasteiger partial charge in [0.2, 0.25) is 0 Å². The number of anilines is 1. The van der Waals surface area contributed by atoms with Crippen LogP contribution < -0.4 is 10.7 Å². The number of carbonyl (C=O) groups is 2. The fraction of sp³-hybridized carbons (Fsp3) is 0.0625. The van der Waals surface area contributed by atoms with Crippen molar-refractivity contribution in [2.24, 2.45) is 5.10 Å². The van der Waals surface area contributed by atoms with Crippen molar-refractivity contribution in [3.05, 3.63) is 63.6 Å². The van der Waals surface area contributed by atoms with Gasteiger partial charge in [0.15, 0.2) is 0 Å². The number of hydrazone groups is 1. The summed E-state index contributed by atoms with van der Waals surface area (Å²) in [5.41, 5.74) is 3.99. The molecule has 7 heteroatoms. The first kappa shape index (κ1) is 17.2. The zero-order chi connectivity index (χ0) is 16.8. The predicted molar refractivity (Wildman–Crippen MR) is 94.6 cm³/mol. The number of rotatable bonds is 3. The van der Waals surface area contributed by atoms with Crippen LogP contribution in [0.1, 0.15) is 12.5 Å². The van der Waals surface area contributed by atoms with Crippen molar-refractivity contribution in [1.29, 1.82) is 0 Å². The highest BCUT2D eigenvalue weighted by Gasteiger charge is 2.14. The van der Waals surface area contributed by atoms with Crippen LogP contribution in [0.2, 0.25) is 5.02 Å². The SMILES string of the molecule is C/C(=N\NC(=O)C(=O)Nc1ccccc1Cl)c1ccc(Br)cc1. The van der Waals surface area contributed by atoms with E-state index in [1.165, 1.54) is 0 Å². The first-order chi connectivity index (χ1) is 11.0. The van der Waals surface area contributed by atoms with Crippen molar-refractivity contribution in [3.63, 3.8) is 0 Å². The van der Waals surface area contributed by atoms with Crippen molar-refractivity contribution in [2.75, 3.05) is 5.32 Å². The topological polar surface area (TPSA) is 70.6 Å². The molecule has 2 aromatic carbocycles. The third-order valence-corrected chi connectivity index (χ3v) is 3.77. The summed E-state index contributed by atoms with van der Waals surface area (Å²) in [6.07, 6.45) is 0. The van der Waals surface area contributed by atoms with Gasteiger partial charge in [0.25, 0.3) is 0 Å². The molecule has 118 valence electrons. The Hall–Kier alpha value is -2.18. The van der Waals surface area contributed by atoms with E-state index in [0.717, 1.165) is 10.0 Å². The summed E-state index contributed by atoms with van der Waals surface area (Å²) in [7, 11) is 0. The van der Waals surface area contributed by atoms with E-state index in [0.29, 0.717) is 16.4 Å². The lowest BCUT2D eigenvalue weighted by Crippen LogP contribution is -2.33. The maximum atomic E-state index is 11.8. The number of halogens is 2. The molecule has 0 fully saturated rings. The Morgan fingerprint density at radius 1 is 1.04 bits per heavy atom. The van der Waals surface area contributed by atoms with E-state index in [-0.39, 0.29) is 0 Å². The Balaban J connectivity index is 1.98. The molecule has 2 rings (SSSR count). The fourth-order valence-electron chi connectivity index (χ4n) is 1.68. The Labute approximate surface area is 146 Å². The van der Waals surface area contributed by atoms with Gasteiger partial charge in [0, 0.05) is 4.47 Å². The summed E-state index contributed by atoms with van der Waals surface area (Å²) in [5, 5.41) is 6.69. The Morgan fingerprint density at radius 2 is 1.70 bits per heavy atom. The van der Waals surface area contributed by atoms with Crippen LogP contribution in [-0.2, 0) is 9.59 Å². The fourth-order valence-corrected chi connectivity index (χ4v) is 2.13. The molecule has 0 saturated carbocycles. The number of nitrogens with one attached hydrogen (secondary N) is 2. The number of carbonyl (C=O) groups excluding carboxylic acids is 2. The molecule has 0 saturated heterocycles. The second-order valence-electron chi connectivity index (χ2n) is 4.58. The number of hydrogen-bond acceptors (Lipinski definition) is 3. The summed E-state index contributed by atoms with van der Waals surface area (Å²) in [6, 6.07) is 14.1. The average Bonchev–Trinajstić information content (AvgIpc) is 2.55. The van der Waals surface area contributed by atoms with Crippen LogP contribution in [-0.4, -0.2) is 17.5 Å². The van der Waals surface area contributed by atoms with Gasteiger partial charge in [-0.15, -0.1) is 0 Å². The molecule has 0 aromatic heterocycles. The van der Waals surface area contributed by atoms with Crippen molar-refractivity contribution in [3.8, 4) is 0 Å². The van der Waals surface area contributed by atoms with E-state index in [4.69, 9.17) is 11.6 Å². The van der Waals surface area contributed by atoms with E-state index in [9.17, 15) is 9.59 Å². The molecule has 0 atom stereocenters. The minimum atomic E-state index is -0.874. The molecule has 0 bridgehead atoms. The molecule has 2 aromatic rings. The summed E-state index contributed by atoms with van der Waals surface area (Å²) in [6.45, 7) is 1.73. The molecular formula is C16H13BrClN3O2. The van der Waals surface area contributed by atoms with E-state index in [2.05, 4.69) is 31.8 Å². The molecule has 0 aliphatic heterocycles. The standard InChI is InChI=1S/C16H13BrClN3O2/c1-10(11-6-8-12(17)9-7-11)20-21-16(23)15(22)19-14-5-3-2-4-13(14)18/h2-9H,1H3,(H,19,22)(H,21,23)/b20-10+. The molecule has 2 amide bonds. The van der Waals surface area contributed by atoms with Crippen LogP contribution in [0.5, 0.6) is 0 Å². The van der Waals surface area contributed by atoms with Gasteiger partial charge in [-0.2, -0.15) is 5.10 Å². The first-order valence-corrected chi connectivity index (χ1v) is 7.80. The smallest absolute Gasteiger partial charge is 0.316 e. The van der Waals surface area contributed by atoms with Crippen LogP contribution in [0.15, 0.2) is 58.1 Å². The maximum absolute atomic E-state index is 11.8. The highest BCUT2D eigenvalue weighted by molar-refractivity contribution is 9.10. The molecule has 0 unspecified atom stereocenters. The minimum absolute atomic E-state index is 0.350. The second kappa shape index (κ2) is 7.89. The van der Waals surface area contributed by atoms with Gasteiger partial charge >= 0.3 is 11.8 Å². The Kier molecular flexibility index (Phi) is 5.90. The van der Waals surface area contributed by atoms with Crippen LogP contribution in [0.4, 0.5) is 5.69 Å². The van der Waals surface area contributed by atoms with E-state index in [1.807, 2.05) is 24.3 Å². The molecular weight excluding hydrogens is 382 g/mol. The highest BCUT2D eigenvalue weighted by Crippen LogP contribution is 2.20. The van der Waals surface area contributed by atoms with Gasteiger partial charge in [0.1, 0.15) is 0 Å². The second-order valence-corrected chi connectivity index (χ2v) is 5.90. The van der Waals surface area contributed by atoms with Crippen LogP contribution in [0.25, 0.3) is 0 Å². The van der Waals surface area contributed by atoms with Gasteiger partial charge in [0.05, 0.1) is 16.4 Å². The summed E-state index contributed by atoms with van der Waals surface area (Å²) >= 11 is 9.26. The quantitative estimate of drug-likeness (QED) is 0.474. The van der Waals surface area contributed by atoms with Gasteiger partial charge in [-0.1, -0.05) is 51.8 Å². The van der Waals surface area contributed by atoms with Gasteiger partial charge in [-0.05, 0) is 36.8 Å². The normalized spacial score (nSPS) is 11.0. The Bertz CT molecular complexity index is 760. The number of hydrogen-bond donors (Lipinski definition) is 2. The molecule has 0 heterocycles. The van der Waals surface area contributed by atoms with E-state index >= 15 is 0 Å². The summed E-state index contributed by atoms with van der Waals surface area (Å²) in [4.78, 5) is 23.6. The molecule has 0 aliphatic carbocycles. The first-order valence-electron chi connectivity index (χ1n) is 6.63. The molecule has 23 heavy (non-hydrogen) atoms. The van der Waals surface area contributed by atoms with Crippen molar-refractivity contribution >= 4 is 50.7 Å². The maximum Gasteiger partial charge on any atom is 0.329 e. The Morgan fingerprint density at radius 3 is 2.35 bits per heavy atom. The summed E-state index contributed by atoms with van der Waals surface area (Å²) < 4.78 is 0.942. The number of nitrogens with zero attached hydrogens (tertiary/aromatic N) is 1.